The molecule has 14 heavy (non-hydrogen) atoms. The monoisotopic (exact) mass is 198 g/mol. The minimum atomic E-state index is -0.808. The Hall–Kier alpha value is -1.58. The number of methoxy groups -OCH3 is 1. The third-order valence-corrected chi connectivity index (χ3v) is 1.67. The van der Waals surface area contributed by atoms with Gasteiger partial charge in [-0.1, -0.05) is 12.1 Å². The largest absolute Gasteiger partial charge is 0.476 e. The molecular weight excluding hydrogens is 187 g/mol. The van der Waals surface area contributed by atoms with E-state index in [4.69, 9.17) is 4.74 Å². The van der Waals surface area contributed by atoms with E-state index in [0.717, 1.165) is 0 Å². The Morgan fingerprint density at radius 3 is 2.64 bits per heavy atom. The zero-order valence-electron chi connectivity index (χ0n) is 7.99. The Kier molecular flexibility index (Phi) is 3.45. The quantitative estimate of drug-likeness (QED) is 0.694. The smallest absolute Gasteiger partial charge is 0.346 e. The highest BCUT2D eigenvalue weighted by molar-refractivity contribution is 5.74. The van der Waals surface area contributed by atoms with Crippen LogP contribution >= 0.6 is 0 Å². The van der Waals surface area contributed by atoms with Gasteiger partial charge in [-0.15, -0.1) is 0 Å². The van der Waals surface area contributed by atoms with E-state index in [2.05, 4.69) is 4.74 Å². The van der Waals surface area contributed by atoms with E-state index in [1.54, 1.807) is 12.1 Å². The van der Waals surface area contributed by atoms with Crippen molar-refractivity contribution in [2.24, 2.45) is 0 Å². The summed E-state index contributed by atoms with van der Waals surface area (Å²) in [5, 5.41) is 0. The predicted octanol–water partition coefficient (Wildman–Crippen LogP) is 1.77. The van der Waals surface area contributed by atoms with Gasteiger partial charge in [0, 0.05) is 0 Å². The molecule has 76 valence electrons. The molecule has 0 radical (unpaired) electrons. The second kappa shape index (κ2) is 4.60. The van der Waals surface area contributed by atoms with Crippen molar-refractivity contribution >= 4 is 5.97 Å². The molecule has 0 spiro atoms. The summed E-state index contributed by atoms with van der Waals surface area (Å²) >= 11 is 0. The fraction of sp³-hybridized carbons (Fsp3) is 0.300. The molecule has 0 aliphatic heterocycles. The molecular formula is C10H11FO3. The van der Waals surface area contributed by atoms with Gasteiger partial charge in [0.2, 0.25) is 0 Å². The van der Waals surface area contributed by atoms with Crippen LogP contribution in [-0.2, 0) is 9.53 Å². The molecule has 1 rings (SSSR count). The van der Waals surface area contributed by atoms with Gasteiger partial charge in [-0.25, -0.2) is 9.18 Å². The first kappa shape index (κ1) is 10.5. The van der Waals surface area contributed by atoms with Crippen LogP contribution in [0.1, 0.15) is 6.92 Å². The van der Waals surface area contributed by atoms with Crippen molar-refractivity contribution in [1.29, 1.82) is 0 Å². The average Bonchev–Trinajstić information content (AvgIpc) is 2.20. The highest BCUT2D eigenvalue weighted by Gasteiger charge is 2.16. The maximum Gasteiger partial charge on any atom is 0.346 e. The number of benzene rings is 1. The average molecular weight is 198 g/mol. The van der Waals surface area contributed by atoms with Gasteiger partial charge < -0.3 is 9.47 Å². The third kappa shape index (κ3) is 2.45. The highest BCUT2D eigenvalue weighted by Crippen LogP contribution is 2.17. The van der Waals surface area contributed by atoms with Crippen molar-refractivity contribution in [3.63, 3.8) is 0 Å². The maximum atomic E-state index is 13.0. The lowest BCUT2D eigenvalue weighted by atomic mass is 10.3. The van der Waals surface area contributed by atoms with Crippen LogP contribution in [0, 0.1) is 5.82 Å². The van der Waals surface area contributed by atoms with Crippen LogP contribution in [0.15, 0.2) is 24.3 Å². The normalized spacial score (nSPS) is 11.9. The van der Waals surface area contributed by atoms with Gasteiger partial charge in [-0.05, 0) is 19.1 Å². The molecule has 0 aliphatic rings. The summed E-state index contributed by atoms with van der Waals surface area (Å²) in [6.07, 6.45) is -0.808. The maximum absolute atomic E-state index is 13.0. The number of hydrogen-bond donors (Lipinski definition) is 0. The number of ether oxygens (including phenoxy) is 2. The number of para-hydroxylation sites is 1. The lowest BCUT2D eigenvalue weighted by molar-refractivity contribution is -0.148. The summed E-state index contributed by atoms with van der Waals surface area (Å²) in [5.74, 6) is -0.984. The van der Waals surface area contributed by atoms with Gasteiger partial charge in [0.1, 0.15) is 0 Å². The molecule has 0 unspecified atom stereocenters. The standard InChI is InChI=1S/C10H11FO3/c1-7(10(12)13-2)14-9-6-4-3-5-8(9)11/h3-7H,1-2H3/t7-/m0/s1. The second-order valence-electron chi connectivity index (χ2n) is 2.71. The molecule has 0 fully saturated rings. The molecule has 0 heterocycles. The minimum absolute atomic E-state index is 0.0467. The first-order valence-electron chi connectivity index (χ1n) is 4.14. The van der Waals surface area contributed by atoms with Crippen molar-refractivity contribution < 1.29 is 18.7 Å². The van der Waals surface area contributed by atoms with Gasteiger partial charge in [0.25, 0.3) is 0 Å². The number of hydrogen-bond acceptors (Lipinski definition) is 3. The summed E-state index contributed by atoms with van der Waals surface area (Å²) < 4.78 is 22.5. The molecule has 3 nitrogen and oxygen atoms in total. The lowest BCUT2D eigenvalue weighted by Gasteiger charge is -2.12. The molecule has 1 aromatic carbocycles. The third-order valence-electron chi connectivity index (χ3n) is 1.67. The molecule has 0 amide bonds. The number of carbonyl (C=O) groups excluding carboxylic acids is 1. The summed E-state index contributed by atoms with van der Waals surface area (Å²) in [6, 6.07) is 5.89. The van der Waals surface area contributed by atoms with E-state index >= 15 is 0 Å². The zero-order chi connectivity index (χ0) is 10.6. The van der Waals surface area contributed by atoms with Crippen LogP contribution in [0.2, 0.25) is 0 Å². The Morgan fingerprint density at radius 2 is 2.07 bits per heavy atom. The topological polar surface area (TPSA) is 35.5 Å². The SMILES string of the molecule is COC(=O)[C@H](C)Oc1ccccc1F. The Bertz CT molecular complexity index is 325. The van der Waals surface area contributed by atoms with Gasteiger partial charge in [0.15, 0.2) is 17.7 Å². The number of esters is 1. The molecule has 0 saturated carbocycles. The zero-order valence-corrected chi connectivity index (χ0v) is 7.99. The van der Waals surface area contributed by atoms with Crippen LogP contribution in [-0.4, -0.2) is 19.2 Å². The molecule has 0 N–H and O–H groups in total. The molecule has 0 bridgehead atoms. The van der Waals surface area contributed by atoms with Crippen molar-refractivity contribution in [2.45, 2.75) is 13.0 Å². The molecule has 4 heteroatoms. The fourth-order valence-electron chi connectivity index (χ4n) is 0.945. The predicted molar refractivity (Wildman–Crippen MR) is 48.5 cm³/mol. The van der Waals surface area contributed by atoms with Gasteiger partial charge in [-0.3, -0.25) is 0 Å². The van der Waals surface area contributed by atoms with Crippen LogP contribution in [0.5, 0.6) is 5.75 Å². The number of rotatable bonds is 3. The summed E-state index contributed by atoms with van der Waals surface area (Å²) in [4.78, 5) is 11.0. The van der Waals surface area contributed by atoms with Crippen LogP contribution in [0.4, 0.5) is 4.39 Å². The number of halogens is 1. The number of carbonyl (C=O) groups is 1. The van der Waals surface area contributed by atoms with Gasteiger partial charge in [-0.2, -0.15) is 0 Å². The Labute approximate surface area is 81.4 Å². The van der Waals surface area contributed by atoms with E-state index in [1.807, 2.05) is 0 Å². The van der Waals surface area contributed by atoms with Gasteiger partial charge >= 0.3 is 5.97 Å². The Balaban J connectivity index is 2.69. The lowest BCUT2D eigenvalue weighted by Crippen LogP contribution is -2.25. The first-order chi connectivity index (χ1) is 6.65. The molecule has 1 atom stereocenters. The highest BCUT2D eigenvalue weighted by atomic mass is 19.1. The van der Waals surface area contributed by atoms with E-state index in [9.17, 15) is 9.18 Å². The van der Waals surface area contributed by atoms with Crippen LogP contribution in [0.25, 0.3) is 0 Å². The molecule has 0 aliphatic carbocycles. The summed E-state index contributed by atoms with van der Waals surface area (Å²) in [5.41, 5.74) is 0. The fourth-order valence-corrected chi connectivity index (χ4v) is 0.945. The van der Waals surface area contributed by atoms with E-state index in [-0.39, 0.29) is 5.75 Å². The van der Waals surface area contributed by atoms with Crippen LogP contribution in [0.3, 0.4) is 0 Å². The van der Waals surface area contributed by atoms with Crippen molar-refractivity contribution in [2.75, 3.05) is 7.11 Å². The van der Waals surface area contributed by atoms with E-state index in [1.165, 1.54) is 26.2 Å². The van der Waals surface area contributed by atoms with Crippen LogP contribution < -0.4 is 4.74 Å². The van der Waals surface area contributed by atoms with Crippen molar-refractivity contribution in [3.05, 3.63) is 30.1 Å². The van der Waals surface area contributed by atoms with E-state index < -0.39 is 17.9 Å². The van der Waals surface area contributed by atoms with Gasteiger partial charge in [0.05, 0.1) is 7.11 Å². The van der Waals surface area contributed by atoms with Crippen molar-refractivity contribution in [3.8, 4) is 5.75 Å². The Morgan fingerprint density at radius 1 is 1.43 bits per heavy atom. The molecule has 0 saturated heterocycles. The van der Waals surface area contributed by atoms with Crippen molar-refractivity contribution in [1.82, 2.24) is 0 Å². The first-order valence-corrected chi connectivity index (χ1v) is 4.14. The summed E-state index contributed by atoms with van der Waals surface area (Å²) in [6.45, 7) is 1.50. The summed E-state index contributed by atoms with van der Waals surface area (Å²) in [7, 11) is 1.25. The second-order valence-corrected chi connectivity index (χ2v) is 2.71. The molecule has 1 aromatic rings. The molecule has 0 aromatic heterocycles. The minimum Gasteiger partial charge on any atom is -0.476 e. The van der Waals surface area contributed by atoms with E-state index in [0.29, 0.717) is 0 Å².